The summed E-state index contributed by atoms with van der Waals surface area (Å²) >= 11 is 0. The normalized spacial score (nSPS) is 23.5. The molecule has 0 unspecified atom stereocenters. The maximum Gasteiger partial charge on any atom is 0.339 e. The molecule has 1 fully saturated rings. The third-order valence-electron chi connectivity index (χ3n) is 5.90. The number of ether oxygens (including phenoxy) is 2. The number of carbonyl (C=O) groups excluding carboxylic acids is 1. The highest BCUT2D eigenvalue weighted by Gasteiger charge is 2.49. The van der Waals surface area contributed by atoms with Gasteiger partial charge >= 0.3 is 5.97 Å². The number of hydrogen-bond acceptors (Lipinski definition) is 4. The molecule has 0 amide bonds. The van der Waals surface area contributed by atoms with Gasteiger partial charge in [-0.2, -0.15) is 0 Å². The molecule has 1 saturated heterocycles. The minimum Gasteiger partial charge on any atom is -0.427 e. The van der Waals surface area contributed by atoms with Gasteiger partial charge in [-0.15, -0.1) is 0 Å². The molecule has 2 atom stereocenters. The molecular formula is C24H44O4. The van der Waals surface area contributed by atoms with Gasteiger partial charge in [0.1, 0.15) is 0 Å². The fraction of sp³-hybridized carbons (Fsp3) is 0.875. The molecule has 0 bridgehead atoms. The van der Waals surface area contributed by atoms with Crippen LogP contribution in [0.1, 0.15) is 117 Å². The molecule has 0 spiro atoms. The summed E-state index contributed by atoms with van der Waals surface area (Å²) in [7, 11) is 1.44. The van der Waals surface area contributed by atoms with Gasteiger partial charge in [0.15, 0.2) is 6.10 Å². The smallest absolute Gasteiger partial charge is 0.339 e. The second-order valence-electron chi connectivity index (χ2n) is 8.41. The second-order valence-corrected chi connectivity index (χ2v) is 8.41. The van der Waals surface area contributed by atoms with Crippen LogP contribution in [-0.2, 0) is 14.3 Å². The van der Waals surface area contributed by atoms with Crippen molar-refractivity contribution in [3.63, 3.8) is 0 Å². The van der Waals surface area contributed by atoms with E-state index in [1.807, 2.05) is 6.08 Å². The predicted molar refractivity (Wildman–Crippen MR) is 115 cm³/mol. The summed E-state index contributed by atoms with van der Waals surface area (Å²) in [5, 5.41) is 10.2. The van der Waals surface area contributed by atoms with Crippen LogP contribution in [0.15, 0.2) is 11.6 Å². The Kier molecular flexibility index (Phi) is 13.5. The maximum absolute atomic E-state index is 11.8. The molecule has 1 aliphatic heterocycles. The number of carbonyl (C=O) groups is 1. The summed E-state index contributed by atoms with van der Waals surface area (Å²) in [5.41, 5.74) is 0.342. The first-order chi connectivity index (χ1) is 13.5. The zero-order chi connectivity index (χ0) is 20.7. The Hall–Kier alpha value is -0.870. The molecule has 1 rings (SSSR count). The fourth-order valence-corrected chi connectivity index (χ4v) is 3.81. The third-order valence-corrected chi connectivity index (χ3v) is 5.90. The van der Waals surface area contributed by atoms with E-state index in [4.69, 9.17) is 9.47 Å². The van der Waals surface area contributed by atoms with Crippen molar-refractivity contribution < 1.29 is 19.4 Å². The van der Waals surface area contributed by atoms with E-state index in [0.717, 1.165) is 12.8 Å². The lowest BCUT2D eigenvalue weighted by Crippen LogP contribution is -2.38. The van der Waals surface area contributed by atoms with Crippen LogP contribution in [0.2, 0.25) is 0 Å². The second kappa shape index (κ2) is 15.0. The first-order valence-corrected chi connectivity index (χ1v) is 11.7. The molecule has 4 heteroatoms. The number of aliphatic hydroxyl groups excluding tert-OH is 1. The summed E-state index contributed by atoms with van der Waals surface area (Å²) in [4.78, 5) is 11.8. The monoisotopic (exact) mass is 396 g/mol. The molecule has 0 saturated carbocycles. The van der Waals surface area contributed by atoms with Gasteiger partial charge in [0.25, 0.3) is 0 Å². The topological polar surface area (TPSA) is 55.8 Å². The van der Waals surface area contributed by atoms with Crippen molar-refractivity contribution in [2.75, 3.05) is 7.11 Å². The number of methoxy groups -OCH3 is 1. The molecule has 1 heterocycles. The quantitative estimate of drug-likeness (QED) is 0.174. The summed E-state index contributed by atoms with van der Waals surface area (Å²) in [5.74, 6) is -1.70. The molecule has 0 aromatic rings. The van der Waals surface area contributed by atoms with E-state index in [1.54, 1.807) is 6.92 Å². The van der Waals surface area contributed by atoms with E-state index in [1.165, 1.54) is 97.0 Å². The van der Waals surface area contributed by atoms with E-state index in [9.17, 15) is 9.90 Å². The Labute approximate surface area is 173 Å². The standard InChI is InChI=1S/C24H44O4/c1-4-5-6-7-8-9-10-11-12-13-14-15-16-17-18-19-20-21-22(25)24(2,27-3)28-23(21)26/h20,22,25H,4-19H2,1-3H3/b21-20-/t22-,24-/m1/s1. The number of aliphatic hydroxyl groups is 1. The van der Waals surface area contributed by atoms with Gasteiger partial charge in [-0.05, 0) is 12.8 Å². The number of hydrogen-bond donors (Lipinski definition) is 1. The highest BCUT2D eigenvalue weighted by Crippen LogP contribution is 2.32. The highest BCUT2D eigenvalue weighted by molar-refractivity contribution is 5.92. The lowest BCUT2D eigenvalue weighted by Gasteiger charge is -2.23. The van der Waals surface area contributed by atoms with Crippen LogP contribution in [-0.4, -0.2) is 30.1 Å². The zero-order valence-corrected chi connectivity index (χ0v) is 18.6. The fourth-order valence-electron chi connectivity index (χ4n) is 3.81. The van der Waals surface area contributed by atoms with E-state index in [0.29, 0.717) is 5.57 Å². The Morgan fingerprint density at radius 3 is 1.71 bits per heavy atom. The minimum absolute atomic E-state index is 0.342. The van der Waals surface area contributed by atoms with Crippen molar-refractivity contribution in [3.05, 3.63) is 11.6 Å². The van der Waals surface area contributed by atoms with Crippen molar-refractivity contribution in [3.8, 4) is 0 Å². The average molecular weight is 397 g/mol. The van der Waals surface area contributed by atoms with Gasteiger partial charge < -0.3 is 14.6 Å². The van der Waals surface area contributed by atoms with Crippen LogP contribution in [0, 0.1) is 0 Å². The predicted octanol–water partition coefficient (Wildman–Crippen LogP) is 6.45. The summed E-state index contributed by atoms with van der Waals surface area (Å²) in [6.45, 7) is 3.86. The van der Waals surface area contributed by atoms with Crippen molar-refractivity contribution in [1.29, 1.82) is 0 Å². The van der Waals surface area contributed by atoms with Gasteiger partial charge in [0, 0.05) is 14.0 Å². The number of cyclic esters (lactones) is 1. The van der Waals surface area contributed by atoms with Crippen LogP contribution in [0.25, 0.3) is 0 Å². The Morgan fingerprint density at radius 2 is 1.32 bits per heavy atom. The van der Waals surface area contributed by atoms with Crippen molar-refractivity contribution in [1.82, 2.24) is 0 Å². The first kappa shape index (κ1) is 25.2. The number of esters is 1. The maximum atomic E-state index is 11.8. The molecular weight excluding hydrogens is 352 g/mol. The number of allylic oxidation sites excluding steroid dienone is 1. The molecule has 4 nitrogen and oxygen atoms in total. The Bertz CT molecular complexity index is 446. The molecule has 28 heavy (non-hydrogen) atoms. The van der Waals surface area contributed by atoms with Gasteiger partial charge in [0.05, 0.1) is 5.57 Å². The largest absolute Gasteiger partial charge is 0.427 e. The van der Waals surface area contributed by atoms with Crippen LogP contribution < -0.4 is 0 Å². The molecule has 0 radical (unpaired) electrons. The number of rotatable bonds is 17. The molecule has 0 aromatic carbocycles. The van der Waals surface area contributed by atoms with Gasteiger partial charge in [-0.25, -0.2) is 4.79 Å². The molecule has 1 N–H and O–H groups in total. The molecule has 0 aliphatic carbocycles. The zero-order valence-electron chi connectivity index (χ0n) is 18.6. The molecule has 164 valence electrons. The van der Waals surface area contributed by atoms with E-state index in [-0.39, 0.29) is 0 Å². The molecule has 1 aliphatic rings. The van der Waals surface area contributed by atoms with Gasteiger partial charge in [-0.1, -0.05) is 103 Å². The average Bonchev–Trinajstić information content (AvgIpc) is 2.91. The van der Waals surface area contributed by atoms with Gasteiger partial charge in [-0.3, -0.25) is 0 Å². The van der Waals surface area contributed by atoms with Crippen LogP contribution >= 0.6 is 0 Å². The van der Waals surface area contributed by atoms with Crippen molar-refractivity contribution in [2.24, 2.45) is 0 Å². The van der Waals surface area contributed by atoms with Gasteiger partial charge in [0.2, 0.25) is 5.79 Å². The van der Waals surface area contributed by atoms with E-state index >= 15 is 0 Å². The van der Waals surface area contributed by atoms with Crippen LogP contribution in [0.4, 0.5) is 0 Å². The van der Waals surface area contributed by atoms with Crippen molar-refractivity contribution in [2.45, 2.75) is 128 Å². The first-order valence-electron chi connectivity index (χ1n) is 11.7. The van der Waals surface area contributed by atoms with E-state index in [2.05, 4.69) is 6.92 Å². The lowest BCUT2D eigenvalue weighted by molar-refractivity contribution is -0.218. The summed E-state index contributed by atoms with van der Waals surface area (Å²) in [6, 6.07) is 0. The summed E-state index contributed by atoms with van der Waals surface area (Å²) in [6.07, 6.45) is 21.8. The third kappa shape index (κ3) is 9.56. The SMILES string of the molecule is CCCCCCCCCCCCCCCCC/C=C1\C(=O)O[C@@](C)(OC)[C@@H]1O. The van der Waals surface area contributed by atoms with Crippen LogP contribution in [0.3, 0.4) is 0 Å². The van der Waals surface area contributed by atoms with Crippen LogP contribution in [0.5, 0.6) is 0 Å². The molecule has 0 aromatic heterocycles. The van der Waals surface area contributed by atoms with Crippen molar-refractivity contribution >= 4 is 5.97 Å². The highest BCUT2D eigenvalue weighted by atomic mass is 16.7. The minimum atomic E-state index is -1.24. The van der Waals surface area contributed by atoms with E-state index < -0.39 is 17.9 Å². The Balaban J connectivity index is 1.91. The Morgan fingerprint density at radius 1 is 0.893 bits per heavy atom. The lowest BCUT2D eigenvalue weighted by atomic mass is 10.0. The number of unbranched alkanes of at least 4 members (excludes halogenated alkanes) is 15. The summed E-state index contributed by atoms with van der Waals surface area (Å²) < 4.78 is 10.2.